The second-order valence-electron chi connectivity index (χ2n) is 6.42. The first-order valence-corrected chi connectivity index (χ1v) is 9.01. The fourth-order valence-electron chi connectivity index (χ4n) is 3.24. The van der Waals surface area contributed by atoms with Crippen molar-refractivity contribution in [1.82, 2.24) is 0 Å². The molecule has 0 aliphatic carbocycles. The number of benzene rings is 2. The Kier molecular flexibility index (Phi) is 6.87. The molecule has 2 aromatic rings. The summed E-state index contributed by atoms with van der Waals surface area (Å²) in [6.07, 6.45) is -12.4. The van der Waals surface area contributed by atoms with Crippen LogP contribution in [0.2, 0.25) is 0 Å². The standard InChI is InChI=1S/C19H8Cl2F6O6/c20-13(28)11-5-7(1-3-9(11)15(30)31)17(18(22,23)24,19(25,26)27)8-2-4-10(16(32)33)12(6-8)14(21)29/h1-6H,(H,30,31)(H,32,33). The van der Waals surface area contributed by atoms with Crippen molar-refractivity contribution in [2.24, 2.45) is 0 Å². The van der Waals surface area contributed by atoms with Gasteiger partial charge in [0.15, 0.2) is 0 Å². The second-order valence-corrected chi connectivity index (χ2v) is 7.11. The summed E-state index contributed by atoms with van der Waals surface area (Å²) in [5.41, 5.74) is -12.5. The van der Waals surface area contributed by atoms with E-state index in [2.05, 4.69) is 0 Å². The number of hydrogen-bond acceptors (Lipinski definition) is 4. The van der Waals surface area contributed by atoms with Crippen molar-refractivity contribution >= 4 is 45.6 Å². The maximum absolute atomic E-state index is 14.2. The van der Waals surface area contributed by atoms with Crippen molar-refractivity contribution in [3.8, 4) is 0 Å². The molecule has 0 heterocycles. The highest BCUT2D eigenvalue weighted by molar-refractivity contribution is 6.68. The predicted molar refractivity (Wildman–Crippen MR) is 100 cm³/mol. The van der Waals surface area contributed by atoms with Crippen LogP contribution in [0, 0.1) is 0 Å². The van der Waals surface area contributed by atoms with Crippen LogP contribution in [0.3, 0.4) is 0 Å². The van der Waals surface area contributed by atoms with E-state index in [-0.39, 0.29) is 24.3 Å². The van der Waals surface area contributed by atoms with Gasteiger partial charge in [-0.3, -0.25) is 9.59 Å². The van der Waals surface area contributed by atoms with Gasteiger partial charge in [0.05, 0.1) is 11.1 Å². The van der Waals surface area contributed by atoms with Crippen LogP contribution in [0.15, 0.2) is 36.4 Å². The zero-order valence-corrected chi connectivity index (χ0v) is 17.0. The normalized spacial score (nSPS) is 12.4. The van der Waals surface area contributed by atoms with Crippen LogP contribution in [0.1, 0.15) is 52.6 Å². The third-order valence-electron chi connectivity index (χ3n) is 4.64. The van der Waals surface area contributed by atoms with Gasteiger partial charge in [-0.25, -0.2) is 9.59 Å². The third-order valence-corrected chi connectivity index (χ3v) is 5.05. The fraction of sp³-hybridized carbons (Fsp3) is 0.158. The SMILES string of the molecule is O=C(O)c1ccc(C(c2ccc(C(=O)O)c(C(=O)Cl)c2)(C(F)(F)F)C(F)(F)F)cc1C(=O)Cl. The van der Waals surface area contributed by atoms with Crippen LogP contribution >= 0.6 is 23.2 Å². The lowest BCUT2D eigenvalue weighted by Gasteiger charge is -2.38. The topological polar surface area (TPSA) is 109 Å². The van der Waals surface area contributed by atoms with Crippen molar-refractivity contribution in [3.63, 3.8) is 0 Å². The smallest absolute Gasteiger partial charge is 0.411 e. The highest BCUT2D eigenvalue weighted by Crippen LogP contribution is 2.56. The van der Waals surface area contributed by atoms with Gasteiger partial charge in [-0.2, -0.15) is 26.3 Å². The molecule has 2 rings (SSSR count). The number of carbonyl (C=O) groups is 4. The quantitative estimate of drug-likeness (QED) is 0.400. The zero-order valence-electron chi connectivity index (χ0n) is 15.5. The molecule has 0 aliphatic rings. The molecule has 0 saturated carbocycles. The Morgan fingerprint density at radius 3 is 1.12 bits per heavy atom. The molecule has 0 radical (unpaired) electrons. The Morgan fingerprint density at radius 2 is 0.909 bits per heavy atom. The van der Waals surface area contributed by atoms with E-state index >= 15 is 0 Å². The number of halogens is 8. The van der Waals surface area contributed by atoms with Crippen LogP contribution in [-0.2, 0) is 5.41 Å². The first kappa shape index (κ1) is 26.1. The average Bonchev–Trinajstić information content (AvgIpc) is 2.65. The lowest BCUT2D eigenvalue weighted by atomic mass is 9.71. The van der Waals surface area contributed by atoms with Crippen LogP contribution in [0.25, 0.3) is 0 Å². The van der Waals surface area contributed by atoms with Gasteiger partial charge >= 0.3 is 24.3 Å². The molecule has 0 spiro atoms. The summed E-state index contributed by atoms with van der Waals surface area (Å²) in [5.74, 6) is -3.70. The molecule has 0 fully saturated rings. The molecule has 0 atom stereocenters. The van der Waals surface area contributed by atoms with Gasteiger partial charge in [0.2, 0.25) is 5.41 Å². The average molecular weight is 517 g/mol. The summed E-state index contributed by atoms with van der Waals surface area (Å²) in [6, 6.07) is 1.07. The number of rotatable bonds is 6. The highest BCUT2D eigenvalue weighted by atomic mass is 35.5. The maximum atomic E-state index is 14.2. The van der Waals surface area contributed by atoms with Crippen molar-refractivity contribution in [1.29, 1.82) is 0 Å². The van der Waals surface area contributed by atoms with Gasteiger partial charge in [-0.15, -0.1) is 0 Å². The molecule has 33 heavy (non-hydrogen) atoms. The number of carboxylic acids is 2. The Morgan fingerprint density at radius 1 is 0.606 bits per heavy atom. The monoisotopic (exact) mass is 516 g/mol. The van der Waals surface area contributed by atoms with Gasteiger partial charge in [0.25, 0.3) is 10.5 Å². The van der Waals surface area contributed by atoms with Crippen LogP contribution in [0.4, 0.5) is 26.3 Å². The summed E-state index contributed by atoms with van der Waals surface area (Å²) >= 11 is 10.4. The van der Waals surface area contributed by atoms with Gasteiger partial charge < -0.3 is 10.2 Å². The molecular weight excluding hydrogens is 509 g/mol. The molecule has 176 valence electrons. The predicted octanol–water partition coefficient (Wildman–Crippen LogP) is 5.25. The zero-order chi connectivity index (χ0) is 25.5. The van der Waals surface area contributed by atoms with Crippen molar-refractivity contribution in [2.75, 3.05) is 0 Å². The molecular formula is C19H8Cl2F6O6. The Labute approximate surface area is 189 Å². The Bertz CT molecular complexity index is 1080. The van der Waals surface area contributed by atoms with Gasteiger partial charge in [0.1, 0.15) is 0 Å². The number of hydrogen-bond donors (Lipinski definition) is 2. The molecule has 0 aliphatic heterocycles. The molecule has 6 nitrogen and oxygen atoms in total. The summed E-state index contributed by atoms with van der Waals surface area (Å²) < 4.78 is 85.4. The molecule has 0 bridgehead atoms. The minimum absolute atomic E-state index is 0.0209. The van der Waals surface area contributed by atoms with E-state index in [9.17, 15) is 45.5 Å². The van der Waals surface area contributed by atoms with Crippen molar-refractivity contribution < 1.29 is 55.7 Å². The molecule has 2 aromatic carbocycles. The molecule has 0 unspecified atom stereocenters. The molecule has 2 N–H and O–H groups in total. The van der Waals surface area contributed by atoms with Crippen LogP contribution in [-0.4, -0.2) is 45.0 Å². The highest BCUT2D eigenvalue weighted by Gasteiger charge is 2.72. The number of alkyl halides is 6. The van der Waals surface area contributed by atoms with Gasteiger partial charge in [0, 0.05) is 11.1 Å². The van der Waals surface area contributed by atoms with E-state index in [1.807, 2.05) is 0 Å². The molecule has 0 aromatic heterocycles. The first-order valence-electron chi connectivity index (χ1n) is 8.25. The molecule has 0 amide bonds. The maximum Gasteiger partial charge on any atom is 0.411 e. The van der Waals surface area contributed by atoms with E-state index in [0.717, 1.165) is 0 Å². The van der Waals surface area contributed by atoms with E-state index in [1.165, 1.54) is 0 Å². The van der Waals surface area contributed by atoms with E-state index in [4.69, 9.17) is 33.4 Å². The summed E-state index contributed by atoms with van der Waals surface area (Å²) in [4.78, 5) is 45.5. The Hall–Kier alpha value is -3.12. The second kappa shape index (κ2) is 8.67. The van der Waals surface area contributed by atoms with Crippen LogP contribution in [0.5, 0.6) is 0 Å². The first-order chi connectivity index (χ1) is 15.0. The largest absolute Gasteiger partial charge is 0.478 e. The van der Waals surface area contributed by atoms with Gasteiger partial charge in [-0.05, 0) is 58.6 Å². The summed E-state index contributed by atoms with van der Waals surface area (Å²) in [6.45, 7) is 0. The van der Waals surface area contributed by atoms with Gasteiger partial charge in [-0.1, -0.05) is 12.1 Å². The summed E-state index contributed by atoms with van der Waals surface area (Å²) in [7, 11) is 0. The Balaban J connectivity index is 3.10. The fourth-order valence-corrected chi connectivity index (χ4v) is 3.55. The number of carbonyl (C=O) groups excluding carboxylic acids is 2. The molecule has 14 heteroatoms. The number of aromatic carboxylic acids is 2. The van der Waals surface area contributed by atoms with E-state index < -0.39 is 73.6 Å². The lowest BCUT2D eigenvalue weighted by molar-refractivity contribution is -0.288. The third kappa shape index (κ3) is 4.40. The summed E-state index contributed by atoms with van der Waals surface area (Å²) in [5, 5.41) is 14.8. The van der Waals surface area contributed by atoms with E-state index in [0.29, 0.717) is 12.1 Å². The lowest BCUT2D eigenvalue weighted by Crippen LogP contribution is -2.55. The minimum Gasteiger partial charge on any atom is -0.478 e. The minimum atomic E-state index is -6.19. The van der Waals surface area contributed by atoms with Crippen LogP contribution < -0.4 is 0 Å². The van der Waals surface area contributed by atoms with E-state index in [1.54, 1.807) is 0 Å². The molecule has 0 saturated heterocycles. The van der Waals surface area contributed by atoms with Crippen molar-refractivity contribution in [2.45, 2.75) is 17.8 Å². The van der Waals surface area contributed by atoms with Crippen molar-refractivity contribution in [3.05, 3.63) is 69.8 Å². The number of carboxylic acid groups (broad SMARTS) is 2.